The lowest BCUT2D eigenvalue weighted by atomic mass is 10.1. The first-order valence-corrected chi connectivity index (χ1v) is 13.0. The van der Waals surface area contributed by atoms with E-state index in [0.717, 1.165) is 17.7 Å². The fourth-order valence-electron chi connectivity index (χ4n) is 3.55. The molecule has 3 aromatic carbocycles. The van der Waals surface area contributed by atoms with E-state index in [2.05, 4.69) is 4.72 Å². The van der Waals surface area contributed by atoms with Gasteiger partial charge < -0.3 is 14.9 Å². The van der Waals surface area contributed by atoms with Crippen molar-refractivity contribution in [1.82, 2.24) is 0 Å². The van der Waals surface area contributed by atoms with Gasteiger partial charge in [-0.2, -0.15) is 13.2 Å². The molecule has 0 bridgehead atoms. The summed E-state index contributed by atoms with van der Waals surface area (Å²) in [6.45, 7) is 0.161. The highest BCUT2D eigenvalue weighted by Crippen LogP contribution is 2.34. The van der Waals surface area contributed by atoms with Gasteiger partial charge in [0.15, 0.2) is 0 Å². The van der Waals surface area contributed by atoms with Crippen LogP contribution in [-0.2, 0) is 27.4 Å². The number of anilines is 1. The normalized spacial score (nSPS) is 12.8. The number of para-hydroxylation sites is 1. The van der Waals surface area contributed by atoms with E-state index in [0.29, 0.717) is 23.8 Å². The Morgan fingerprint density at radius 3 is 2.47 bits per heavy atom. The van der Waals surface area contributed by atoms with Gasteiger partial charge in [0.05, 0.1) is 23.2 Å². The summed E-state index contributed by atoms with van der Waals surface area (Å²) in [4.78, 5) is 9.94. The topological polar surface area (TPSA) is 113 Å². The molecule has 0 aliphatic carbocycles. The van der Waals surface area contributed by atoms with Crippen molar-refractivity contribution in [2.24, 2.45) is 0 Å². The van der Waals surface area contributed by atoms with Gasteiger partial charge in [-0.3, -0.25) is 9.52 Å². The molecule has 38 heavy (non-hydrogen) atoms. The number of aliphatic hydroxyl groups excluding tert-OH is 1. The molecule has 0 unspecified atom stereocenters. The highest BCUT2D eigenvalue weighted by atomic mass is 32.2. The van der Waals surface area contributed by atoms with Gasteiger partial charge in [-0.25, -0.2) is 8.42 Å². The smallest absolute Gasteiger partial charge is 0.417 e. The van der Waals surface area contributed by atoms with E-state index in [1.165, 1.54) is 30.3 Å². The van der Waals surface area contributed by atoms with Crippen molar-refractivity contribution in [1.29, 1.82) is 0 Å². The third-order valence-electron chi connectivity index (χ3n) is 5.38. The summed E-state index contributed by atoms with van der Waals surface area (Å²) >= 11 is 0. The maximum atomic E-state index is 13.3. The van der Waals surface area contributed by atoms with Crippen molar-refractivity contribution in [3.63, 3.8) is 0 Å². The van der Waals surface area contributed by atoms with Gasteiger partial charge in [0, 0.05) is 18.5 Å². The second kappa shape index (κ2) is 12.6. The number of alkyl halides is 3. The molecule has 0 saturated carbocycles. The van der Waals surface area contributed by atoms with E-state index in [4.69, 9.17) is 9.84 Å². The fourth-order valence-corrected chi connectivity index (χ4v) is 4.83. The van der Waals surface area contributed by atoms with Crippen molar-refractivity contribution in [2.45, 2.75) is 36.4 Å². The fraction of sp³-hybridized carbons (Fsp3) is 0.222. The van der Waals surface area contributed by atoms with Crippen molar-refractivity contribution >= 4 is 27.8 Å². The molecule has 0 radical (unpaired) electrons. The number of hydrogen-bond donors (Lipinski definition) is 3. The summed E-state index contributed by atoms with van der Waals surface area (Å²) in [5.74, 6) is -0.375. The number of rotatable bonds is 12. The number of carbonyl (C=O) groups is 1. The molecule has 7 nitrogen and oxygen atoms in total. The highest BCUT2D eigenvalue weighted by Gasteiger charge is 2.36. The molecule has 11 heteroatoms. The van der Waals surface area contributed by atoms with E-state index in [1.54, 1.807) is 36.4 Å². The van der Waals surface area contributed by atoms with Gasteiger partial charge in [-0.1, -0.05) is 54.6 Å². The molecule has 3 N–H and O–H groups in total. The standard InChI is InChI=1S/C27H26F3NO6S/c28-27(29,30)23-9-2-4-11-25(23)38(35,36)31-21-8-5-6-19(18-21)12-14-22(32)16-17-37-24-10-3-1-7-20(24)13-15-26(33)34/h1-12,14,18,22,31-32H,13,15-17H2,(H,33,34)/b14-12+/t22-/m0/s1. The number of hydrogen-bond acceptors (Lipinski definition) is 5. The predicted molar refractivity (Wildman–Crippen MR) is 136 cm³/mol. The third-order valence-corrected chi connectivity index (χ3v) is 6.82. The van der Waals surface area contributed by atoms with Crippen LogP contribution in [0.4, 0.5) is 18.9 Å². The number of benzene rings is 3. The number of aliphatic hydroxyl groups is 1. The minimum atomic E-state index is -4.84. The SMILES string of the molecule is O=C(O)CCc1ccccc1OCC[C@@H](O)/C=C/c1cccc(NS(=O)(=O)c2ccccc2C(F)(F)F)c1. The van der Waals surface area contributed by atoms with Crippen LogP contribution < -0.4 is 9.46 Å². The molecule has 1 atom stereocenters. The molecule has 0 fully saturated rings. The largest absolute Gasteiger partial charge is 0.493 e. The van der Waals surface area contributed by atoms with Gasteiger partial charge in [-0.15, -0.1) is 0 Å². The molecular weight excluding hydrogens is 523 g/mol. The number of sulfonamides is 1. The Hall–Kier alpha value is -3.83. The lowest BCUT2D eigenvalue weighted by Gasteiger charge is -2.14. The van der Waals surface area contributed by atoms with Crippen molar-refractivity contribution < 1.29 is 41.3 Å². The number of aliphatic carboxylic acids is 1. The Morgan fingerprint density at radius 1 is 1.03 bits per heavy atom. The molecule has 0 aliphatic rings. The zero-order valence-electron chi connectivity index (χ0n) is 20.1. The van der Waals surface area contributed by atoms with Gasteiger partial charge in [0.2, 0.25) is 0 Å². The van der Waals surface area contributed by atoms with Crippen molar-refractivity contribution in [3.05, 3.63) is 95.6 Å². The number of ether oxygens (including phenoxy) is 1. The maximum absolute atomic E-state index is 13.3. The molecule has 3 rings (SSSR count). The van der Waals surface area contributed by atoms with Crippen LogP contribution in [0.3, 0.4) is 0 Å². The van der Waals surface area contributed by atoms with Crippen molar-refractivity contribution in [2.75, 3.05) is 11.3 Å². The Labute approximate surface area is 218 Å². The predicted octanol–water partition coefficient (Wildman–Crippen LogP) is 5.37. The van der Waals surface area contributed by atoms with Crippen molar-refractivity contribution in [3.8, 4) is 5.75 Å². The second-order valence-corrected chi connectivity index (χ2v) is 9.94. The van der Waals surface area contributed by atoms with Gasteiger partial charge in [-0.05, 0) is 47.9 Å². The number of halogens is 3. The number of nitrogens with one attached hydrogen (secondary N) is 1. The van der Waals surface area contributed by atoms with E-state index in [-0.39, 0.29) is 25.1 Å². The summed E-state index contributed by atoms with van der Waals surface area (Å²) in [5.41, 5.74) is 0.0451. The molecule has 0 aromatic heterocycles. The number of carboxylic acids is 1. The minimum absolute atomic E-state index is 0.0319. The van der Waals surface area contributed by atoms with E-state index in [1.807, 2.05) is 0 Å². The Balaban J connectivity index is 1.61. The molecule has 0 aliphatic heterocycles. The van der Waals surface area contributed by atoms with Crippen LogP contribution in [0.2, 0.25) is 0 Å². The average Bonchev–Trinajstić information content (AvgIpc) is 2.86. The summed E-state index contributed by atoms with van der Waals surface area (Å²) in [5, 5.41) is 19.2. The van der Waals surface area contributed by atoms with Crippen LogP contribution in [0, 0.1) is 0 Å². The monoisotopic (exact) mass is 549 g/mol. The molecule has 0 spiro atoms. The molecule has 0 amide bonds. The van der Waals surface area contributed by atoms with Gasteiger partial charge in [0.1, 0.15) is 5.75 Å². The first-order valence-electron chi connectivity index (χ1n) is 11.5. The first kappa shape index (κ1) is 28.7. The molecular formula is C27H26F3NO6S. The van der Waals surface area contributed by atoms with Gasteiger partial charge >= 0.3 is 12.1 Å². The van der Waals surface area contributed by atoms with E-state index in [9.17, 15) is 31.5 Å². The minimum Gasteiger partial charge on any atom is -0.493 e. The quantitative estimate of drug-likeness (QED) is 0.280. The van der Waals surface area contributed by atoms with Crippen LogP contribution >= 0.6 is 0 Å². The summed E-state index contributed by atoms with van der Waals surface area (Å²) in [6, 6.07) is 16.9. The Bertz CT molecular complexity index is 1390. The highest BCUT2D eigenvalue weighted by molar-refractivity contribution is 7.92. The lowest BCUT2D eigenvalue weighted by molar-refractivity contribution is -0.140. The molecule has 3 aromatic rings. The molecule has 0 heterocycles. The van der Waals surface area contributed by atoms with E-state index < -0.39 is 38.7 Å². The summed E-state index contributed by atoms with van der Waals surface area (Å²) in [6.07, 6.45) is -2.20. The zero-order chi connectivity index (χ0) is 27.8. The van der Waals surface area contributed by atoms with Gasteiger partial charge in [0.25, 0.3) is 10.0 Å². The van der Waals surface area contributed by atoms with E-state index >= 15 is 0 Å². The number of carboxylic acid groups (broad SMARTS) is 1. The summed E-state index contributed by atoms with van der Waals surface area (Å²) in [7, 11) is -4.52. The third kappa shape index (κ3) is 8.35. The molecule has 202 valence electrons. The number of aryl methyl sites for hydroxylation is 1. The summed E-state index contributed by atoms with van der Waals surface area (Å²) < 4.78 is 73.0. The maximum Gasteiger partial charge on any atom is 0.417 e. The second-order valence-electron chi connectivity index (χ2n) is 8.29. The average molecular weight is 550 g/mol. The first-order chi connectivity index (χ1) is 18.0. The van der Waals surface area contributed by atoms with Crippen LogP contribution in [-0.4, -0.2) is 37.3 Å². The van der Waals surface area contributed by atoms with Crippen LogP contribution in [0.25, 0.3) is 6.08 Å². The zero-order valence-corrected chi connectivity index (χ0v) is 20.9. The Morgan fingerprint density at radius 2 is 1.74 bits per heavy atom. The Kier molecular flexibility index (Phi) is 9.54. The van der Waals surface area contributed by atoms with Crippen LogP contribution in [0.15, 0.2) is 83.8 Å². The van der Waals surface area contributed by atoms with Crippen LogP contribution in [0.5, 0.6) is 5.75 Å². The molecule has 0 saturated heterocycles. The van der Waals surface area contributed by atoms with Crippen LogP contribution in [0.1, 0.15) is 29.5 Å². The lowest BCUT2D eigenvalue weighted by Crippen LogP contribution is -2.18.